The molecule has 1 unspecified atom stereocenters. The minimum absolute atomic E-state index is 0.0348. The fourth-order valence-electron chi connectivity index (χ4n) is 5.56. The van der Waals surface area contributed by atoms with Crippen LogP contribution in [0.4, 0.5) is 11.5 Å². The van der Waals surface area contributed by atoms with Gasteiger partial charge in [-0.15, -0.1) is 0 Å². The third-order valence-electron chi connectivity index (χ3n) is 7.93. The van der Waals surface area contributed by atoms with E-state index in [1.165, 1.54) is 0 Å². The molecule has 2 aromatic rings. The van der Waals surface area contributed by atoms with Crippen molar-refractivity contribution in [2.75, 3.05) is 9.80 Å². The monoisotopic (exact) mass is 455 g/mol. The first-order valence-electron chi connectivity index (χ1n) is 12.0. The number of allylic oxidation sites excluding steroid dienone is 4. The second-order valence-corrected chi connectivity index (χ2v) is 11.0. The van der Waals surface area contributed by atoms with Crippen LogP contribution in [0.25, 0.3) is 5.57 Å². The van der Waals surface area contributed by atoms with E-state index in [9.17, 15) is 9.59 Å². The zero-order valence-electron chi connectivity index (χ0n) is 20.3. The number of carbonyl (C=O) groups is 2. The van der Waals surface area contributed by atoms with E-state index in [4.69, 9.17) is 4.98 Å². The van der Waals surface area contributed by atoms with Crippen LogP contribution in [0, 0.1) is 18.3 Å². The zero-order chi connectivity index (χ0) is 24.0. The molecule has 7 heteroatoms. The average Bonchev–Trinajstić information content (AvgIpc) is 3.58. The fraction of sp³-hybridized carbons (Fsp3) is 0.444. The van der Waals surface area contributed by atoms with Gasteiger partial charge in [-0.1, -0.05) is 19.9 Å². The highest BCUT2D eigenvalue weighted by molar-refractivity contribution is 6.10. The van der Waals surface area contributed by atoms with Gasteiger partial charge in [-0.25, -0.2) is 15.0 Å². The Kier molecular flexibility index (Phi) is 4.27. The standard InChI is InChI=1S/C27H29N5O2/c1-15-28-12-17(13-29-15)16-6-9-19-21(10-16)32(25(34)26(19,2)3)23-11-22-20(14-30-23)27(4,5)24(33)31(22)18-7-8-18/h6,10-14,18-19H,7-9H2,1-5H3. The normalized spacial score (nSPS) is 24.7. The van der Waals surface area contributed by atoms with Crippen molar-refractivity contribution < 1.29 is 9.59 Å². The van der Waals surface area contributed by atoms with E-state index in [1.54, 1.807) is 11.1 Å². The smallest absolute Gasteiger partial charge is 0.238 e. The number of rotatable bonds is 3. The molecule has 2 aliphatic heterocycles. The molecule has 0 N–H and O–H groups in total. The van der Waals surface area contributed by atoms with Crippen LogP contribution in [-0.4, -0.2) is 32.8 Å². The second kappa shape index (κ2) is 6.84. The minimum Gasteiger partial charge on any atom is -0.308 e. The lowest BCUT2D eigenvalue weighted by molar-refractivity contribution is -0.125. The highest BCUT2D eigenvalue weighted by Gasteiger charge is 2.53. The van der Waals surface area contributed by atoms with Gasteiger partial charge in [-0.2, -0.15) is 0 Å². The van der Waals surface area contributed by atoms with Crippen molar-refractivity contribution in [3.8, 4) is 0 Å². The van der Waals surface area contributed by atoms with Crippen LogP contribution >= 0.6 is 0 Å². The number of hydrogen-bond acceptors (Lipinski definition) is 5. The highest BCUT2D eigenvalue weighted by Crippen LogP contribution is 2.52. The number of aryl methyl sites for hydroxylation is 1. The molecule has 34 heavy (non-hydrogen) atoms. The number of carbonyl (C=O) groups excluding carboxylic acids is 2. The lowest BCUT2D eigenvalue weighted by Crippen LogP contribution is -2.37. The third kappa shape index (κ3) is 2.85. The van der Waals surface area contributed by atoms with Crippen molar-refractivity contribution >= 4 is 28.9 Å². The van der Waals surface area contributed by atoms with Crippen LogP contribution in [0.5, 0.6) is 0 Å². The van der Waals surface area contributed by atoms with Crippen LogP contribution in [0.15, 0.2) is 42.5 Å². The molecule has 174 valence electrons. The highest BCUT2D eigenvalue weighted by atomic mass is 16.2. The summed E-state index contributed by atoms with van der Waals surface area (Å²) in [6.07, 6.45) is 12.5. The van der Waals surface area contributed by atoms with E-state index in [2.05, 4.69) is 22.1 Å². The van der Waals surface area contributed by atoms with E-state index < -0.39 is 10.8 Å². The summed E-state index contributed by atoms with van der Waals surface area (Å²) in [6.45, 7) is 9.81. The second-order valence-electron chi connectivity index (χ2n) is 11.0. The van der Waals surface area contributed by atoms with E-state index in [1.807, 2.05) is 58.0 Å². The van der Waals surface area contributed by atoms with E-state index in [0.717, 1.165) is 53.2 Å². The molecular formula is C27H29N5O2. The van der Waals surface area contributed by atoms with Gasteiger partial charge in [0.25, 0.3) is 0 Å². The molecule has 0 aromatic carbocycles. The predicted molar refractivity (Wildman–Crippen MR) is 130 cm³/mol. The molecule has 0 bridgehead atoms. The number of amides is 2. The van der Waals surface area contributed by atoms with Crippen molar-refractivity contribution in [3.63, 3.8) is 0 Å². The van der Waals surface area contributed by atoms with Crippen LogP contribution in [0.1, 0.15) is 63.9 Å². The molecule has 4 aliphatic rings. The Morgan fingerprint density at radius 1 is 0.971 bits per heavy atom. The predicted octanol–water partition coefficient (Wildman–Crippen LogP) is 4.33. The van der Waals surface area contributed by atoms with Crippen molar-refractivity contribution in [1.29, 1.82) is 0 Å². The molecule has 1 saturated carbocycles. The maximum atomic E-state index is 13.7. The molecule has 2 aliphatic carbocycles. The Morgan fingerprint density at radius 3 is 2.35 bits per heavy atom. The molecule has 2 amide bonds. The summed E-state index contributed by atoms with van der Waals surface area (Å²) in [7, 11) is 0. The zero-order valence-corrected chi connectivity index (χ0v) is 20.3. The fourth-order valence-corrected chi connectivity index (χ4v) is 5.56. The van der Waals surface area contributed by atoms with Gasteiger partial charge in [0.2, 0.25) is 11.8 Å². The van der Waals surface area contributed by atoms with Crippen molar-refractivity contribution in [1.82, 2.24) is 15.0 Å². The van der Waals surface area contributed by atoms with Gasteiger partial charge in [-0.05, 0) is 51.7 Å². The number of anilines is 2. The van der Waals surface area contributed by atoms with Gasteiger partial charge in [0.1, 0.15) is 11.6 Å². The summed E-state index contributed by atoms with van der Waals surface area (Å²) >= 11 is 0. The minimum atomic E-state index is -0.605. The van der Waals surface area contributed by atoms with E-state index >= 15 is 0 Å². The Bertz CT molecular complexity index is 1300. The average molecular weight is 456 g/mol. The third-order valence-corrected chi connectivity index (χ3v) is 7.93. The number of aromatic nitrogens is 3. The largest absolute Gasteiger partial charge is 0.308 e. The molecule has 0 spiro atoms. The molecule has 7 nitrogen and oxygen atoms in total. The number of fused-ring (bicyclic) bond motifs is 2. The Balaban J connectivity index is 1.45. The molecule has 2 fully saturated rings. The van der Waals surface area contributed by atoms with Crippen molar-refractivity contribution in [2.45, 2.75) is 65.3 Å². The lowest BCUT2D eigenvalue weighted by Gasteiger charge is -2.26. The first kappa shape index (κ1) is 21.2. The van der Waals surface area contributed by atoms with Crippen LogP contribution in [0.2, 0.25) is 0 Å². The van der Waals surface area contributed by atoms with Gasteiger partial charge < -0.3 is 4.90 Å². The summed E-state index contributed by atoms with van der Waals surface area (Å²) < 4.78 is 0. The molecule has 0 radical (unpaired) electrons. The number of pyridine rings is 1. The topological polar surface area (TPSA) is 79.3 Å². The maximum absolute atomic E-state index is 13.7. The van der Waals surface area contributed by atoms with Gasteiger partial charge >= 0.3 is 0 Å². The first-order valence-corrected chi connectivity index (χ1v) is 12.0. The molecule has 6 rings (SSSR count). The summed E-state index contributed by atoms with van der Waals surface area (Å²) in [5.41, 5.74) is 3.57. The van der Waals surface area contributed by atoms with E-state index in [-0.39, 0.29) is 23.8 Å². The Hall–Kier alpha value is -3.35. The van der Waals surface area contributed by atoms with Crippen LogP contribution in [0.3, 0.4) is 0 Å². The Labute approximate surface area is 199 Å². The van der Waals surface area contributed by atoms with Crippen LogP contribution < -0.4 is 9.80 Å². The van der Waals surface area contributed by atoms with Gasteiger partial charge in [-0.3, -0.25) is 14.5 Å². The summed E-state index contributed by atoms with van der Waals surface area (Å²) in [6, 6.07) is 2.21. The molecular weight excluding hydrogens is 426 g/mol. The number of nitrogens with zero attached hydrogens (tertiary/aromatic N) is 5. The van der Waals surface area contributed by atoms with Gasteiger partial charge in [0, 0.05) is 53.4 Å². The van der Waals surface area contributed by atoms with E-state index in [0.29, 0.717) is 5.82 Å². The summed E-state index contributed by atoms with van der Waals surface area (Å²) in [5, 5.41) is 0. The SMILES string of the molecule is Cc1ncc(C2=CCC3C(=C2)N(c2cc4c(cn2)C(C)(C)C(=O)N4C2CC2)C(=O)C3(C)C)cn1. The van der Waals surface area contributed by atoms with Crippen molar-refractivity contribution in [3.05, 3.63) is 59.5 Å². The molecule has 1 atom stereocenters. The van der Waals surface area contributed by atoms with Crippen LogP contribution in [-0.2, 0) is 15.0 Å². The molecule has 1 saturated heterocycles. The molecule has 4 heterocycles. The first-order chi connectivity index (χ1) is 16.1. The van der Waals surface area contributed by atoms with Crippen molar-refractivity contribution in [2.24, 2.45) is 11.3 Å². The Morgan fingerprint density at radius 2 is 1.68 bits per heavy atom. The maximum Gasteiger partial charge on any atom is 0.238 e. The molecule has 2 aromatic heterocycles. The summed E-state index contributed by atoms with van der Waals surface area (Å²) in [5.74, 6) is 1.53. The van der Waals surface area contributed by atoms with Gasteiger partial charge in [0.15, 0.2) is 0 Å². The lowest BCUT2D eigenvalue weighted by atomic mass is 9.75. The number of hydrogen-bond donors (Lipinski definition) is 0. The summed E-state index contributed by atoms with van der Waals surface area (Å²) in [4.78, 5) is 44.0. The quantitative estimate of drug-likeness (QED) is 0.688. The van der Waals surface area contributed by atoms with Gasteiger partial charge in [0.05, 0.1) is 16.5 Å².